The topological polar surface area (TPSA) is 43.4 Å². The zero-order chi connectivity index (χ0) is 14.2. The van der Waals surface area contributed by atoms with Gasteiger partial charge < -0.3 is 14.8 Å². The number of pyridine rings is 1. The minimum Gasteiger partial charge on any atom is -0.475 e. The van der Waals surface area contributed by atoms with Gasteiger partial charge in [-0.15, -0.1) is 0 Å². The van der Waals surface area contributed by atoms with Crippen LogP contribution in [0.25, 0.3) is 10.8 Å². The third-order valence-corrected chi connectivity index (χ3v) is 3.02. The number of nitrogens with one attached hydrogen (secondary N) is 1. The van der Waals surface area contributed by atoms with E-state index in [1.54, 1.807) is 7.11 Å². The molecule has 0 saturated carbocycles. The van der Waals surface area contributed by atoms with Crippen molar-refractivity contribution in [3.05, 3.63) is 36.0 Å². The van der Waals surface area contributed by atoms with E-state index in [1.807, 2.05) is 18.2 Å². The van der Waals surface area contributed by atoms with Gasteiger partial charge in [0.05, 0.1) is 12.3 Å². The monoisotopic (exact) mass is 274 g/mol. The normalized spacial score (nSPS) is 10.9. The molecule has 0 unspecified atom stereocenters. The largest absolute Gasteiger partial charge is 0.475 e. The summed E-state index contributed by atoms with van der Waals surface area (Å²) in [6, 6.07) is 10.3. The number of ether oxygens (including phenoxy) is 2. The minimum absolute atomic E-state index is 0.513. The summed E-state index contributed by atoms with van der Waals surface area (Å²) in [5.74, 6) is 0.688. The lowest BCUT2D eigenvalue weighted by molar-refractivity contribution is 0.144. The first kappa shape index (κ1) is 14.8. The molecule has 1 heterocycles. The van der Waals surface area contributed by atoms with Gasteiger partial charge in [-0.25, -0.2) is 4.98 Å². The number of hydrogen-bond acceptors (Lipinski definition) is 4. The molecule has 0 radical (unpaired) electrons. The standard InChI is InChI=1S/C16H22N2O2/c1-3-8-17-12-14-11-13-6-4-5-7-15(13)16(18-14)20-10-9-19-2/h4-7,11,17H,3,8-10,12H2,1-2H3. The molecule has 4 heteroatoms. The molecule has 0 fully saturated rings. The average molecular weight is 274 g/mol. The van der Waals surface area contributed by atoms with Crippen molar-refractivity contribution in [2.24, 2.45) is 0 Å². The highest BCUT2D eigenvalue weighted by Crippen LogP contribution is 2.24. The zero-order valence-corrected chi connectivity index (χ0v) is 12.2. The number of nitrogens with zero attached hydrogens (tertiary/aromatic N) is 1. The van der Waals surface area contributed by atoms with Gasteiger partial charge in [0.15, 0.2) is 0 Å². The van der Waals surface area contributed by atoms with Crippen LogP contribution in [-0.2, 0) is 11.3 Å². The Kier molecular flexibility index (Phi) is 5.77. The molecule has 108 valence electrons. The fourth-order valence-electron chi connectivity index (χ4n) is 2.04. The maximum atomic E-state index is 5.74. The number of hydrogen-bond donors (Lipinski definition) is 1. The molecule has 0 saturated heterocycles. The fourth-order valence-corrected chi connectivity index (χ4v) is 2.04. The van der Waals surface area contributed by atoms with Crippen LogP contribution in [0.5, 0.6) is 5.88 Å². The summed E-state index contributed by atoms with van der Waals surface area (Å²) in [6.07, 6.45) is 1.12. The molecular weight excluding hydrogens is 252 g/mol. The Morgan fingerprint density at radius 3 is 2.85 bits per heavy atom. The van der Waals surface area contributed by atoms with E-state index in [0.29, 0.717) is 19.1 Å². The molecule has 1 aromatic carbocycles. The van der Waals surface area contributed by atoms with Crippen LogP contribution in [0.4, 0.5) is 0 Å². The van der Waals surface area contributed by atoms with Gasteiger partial charge in [-0.05, 0) is 30.5 Å². The third kappa shape index (κ3) is 3.92. The van der Waals surface area contributed by atoms with Crippen molar-refractivity contribution in [1.82, 2.24) is 10.3 Å². The van der Waals surface area contributed by atoms with Crippen LogP contribution in [0.1, 0.15) is 19.0 Å². The maximum Gasteiger partial charge on any atom is 0.221 e. The van der Waals surface area contributed by atoms with Crippen molar-refractivity contribution in [1.29, 1.82) is 0 Å². The van der Waals surface area contributed by atoms with Crippen molar-refractivity contribution < 1.29 is 9.47 Å². The van der Waals surface area contributed by atoms with Crippen LogP contribution in [0.3, 0.4) is 0 Å². The molecule has 1 N–H and O–H groups in total. The van der Waals surface area contributed by atoms with Crippen molar-refractivity contribution in [3.8, 4) is 5.88 Å². The van der Waals surface area contributed by atoms with Crippen molar-refractivity contribution in [2.45, 2.75) is 19.9 Å². The number of aromatic nitrogens is 1. The van der Waals surface area contributed by atoms with Gasteiger partial charge in [0, 0.05) is 19.0 Å². The van der Waals surface area contributed by atoms with E-state index in [2.05, 4.69) is 29.4 Å². The number of methoxy groups -OCH3 is 1. The highest BCUT2D eigenvalue weighted by Gasteiger charge is 2.06. The Bertz CT molecular complexity index is 543. The van der Waals surface area contributed by atoms with Crippen LogP contribution in [-0.4, -0.2) is 31.9 Å². The van der Waals surface area contributed by atoms with Crippen molar-refractivity contribution in [3.63, 3.8) is 0 Å². The summed E-state index contributed by atoms with van der Waals surface area (Å²) < 4.78 is 10.8. The molecule has 20 heavy (non-hydrogen) atoms. The lowest BCUT2D eigenvalue weighted by Gasteiger charge is -2.11. The summed E-state index contributed by atoms with van der Waals surface area (Å²) in [7, 11) is 1.67. The Hall–Kier alpha value is -1.65. The predicted octanol–water partition coefficient (Wildman–Crippen LogP) is 2.76. The van der Waals surface area contributed by atoms with E-state index in [4.69, 9.17) is 9.47 Å². The summed E-state index contributed by atoms with van der Waals surface area (Å²) in [5, 5.41) is 5.57. The highest BCUT2D eigenvalue weighted by molar-refractivity contribution is 5.87. The molecule has 0 spiro atoms. The van der Waals surface area contributed by atoms with Gasteiger partial charge in [-0.2, -0.15) is 0 Å². The smallest absolute Gasteiger partial charge is 0.221 e. The van der Waals surface area contributed by atoms with E-state index in [9.17, 15) is 0 Å². The molecule has 1 aromatic heterocycles. The molecule has 4 nitrogen and oxygen atoms in total. The highest BCUT2D eigenvalue weighted by atomic mass is 16.5. The van der Waals surface area contributed by atoms with E-state index < -0.39 is 0 Å². The van der Waals surface area contributed by atoms with Gasteiger partial charge >= 0.3 is 0 Å². The Balaban J connectivity index is 2.21. The second-order valence-electron chi connectivity index (χ2n) is 4.66. The first-order valence-corrected chi connectivity index (χ1v) is 7.06. The first-order valence-electron chi connectivity index (χ1n) is 7.06. The zero-order valence-electron chi connectivity index (χ0n) is 12.2. The SMILES string of the molecule is CCCNCc1cc2ccccc2c(OCCOC)n1. The quantitative estimate of drug-likeness (QED) is 0.752. The summed E-state index contributed by atoms with van der Waals surface area (Å²) in [4.78, 5) is 4.60. The van der Waals surface area contributed by atoms with E-state index in [0.717, 1.165) is 36.0 Å². The minimum atomic E-state index is 0.513. The van der Waals surface area contributed by atoms with Gasteiger partial charge in [0.1, 0.15) is 6.61 Å². The molecule has 0 bridgehead atoms. The molecular formula is C16H22N2O2. The lowest BCUT2D eigenvalue weighted by atomic mass is 10.1. The van der Waals surface area contributed by atoms with Crippen LogP contribution in [0.2, 0.25) is 0 Å². The van der Waals surface area contributed by atoms with Gasteiger partial charge in [-0.3, -0.25) is 0 Å². The summed E-state index contributed by atoms with van der Waals surface area (Å²) in [6.45, 7) is 4.99. The van der Waals surface area contributed by atoms with E-state index >= 15 is 0 Å². The van der Waals surface area contributed by atoms with Crippen molar-refractivity contribution >= 4 is 10.8 Å². The first-order chi connectivity index (χ1) is 9.85. The molecule has 0 atom stereocenters. The molecule has 0 amide bonds. The molecule has 2 aromatic rings. The Morgan fingerprint density at radius 2 is 2.05 bits per heavy atom. The molecule has 0 aliphatic carbocycles. The Labute approximate surface area is 120 Å². The summed E-state index contributed by atoms with van der Waals surface area (Å²) in [5.41, 5.74) is 1.00. The third-order valence-electron chi connectivity index (χ3n) is 3.02. The van der Waals surface area contributed by atoms with Crippen LogP contribution in [0, 0.1) is 0 Å². The predicted molar refractivity (Wildman–Crippen MR) is 81.1 cm³/mol. The number of benzene rings is 1. The Morgan fingerprint density at radius 1 is 1.20 bits per heavy atom. The van der Waals surface area contributed by atoms with Gasteiger partial charge in [0.2, 0.25) is 5.88 Å². The van der Waals surface area contributed by atoms with Gasteiger partial charge in [-0.1, -0.05) is 25.1 Å². The molecule has 0 aliphatic rings. The van der Waals surface area contributed by atoms with Crippen molar-refractivity contribution in [2.75, 3.05) is 26.9 Å². The number of fused-ring (bicyclic) bond motifs is 1. The van der Waals surface area contributed by atoms with Crippen LogP contribution >= 0.6 is 0 Å². The average Bonchev–Trinajstić information content (AvgIpc) is 2.48. The van der Waals surface area contributed by atoms with Crippen LogP contribution in [0.15, 0.2) is 30.3 Å². The second kappa shape index (κ2) is 7.82. The fraction of sp³-hybridized carbons (Fsp3) is 0.438. The molecule has 0 aliphatic heterocycles. The van der Waals surface area contributed by atoms with E-state index in [1.165, 1.54) is 0 Å². The second-order valence-corrected chi connectivity index (χ2v) is 4.66. The summed E-state index contributed by atoms with van der Waals surface area (Å²) >= 11 is 0. The molecule has 2 rings (SSSR count). The van der Waals surface area contributed by atoms with E-state index in [-0.39, 0.29) is 0 Å². The van der Waals surface area contributed by atoms with Gasteiger partial charge in [0.25, 0.3) is 0 Å². The van der Waals surface area contributed by atoms with Crippen LogP contribution < -0.4 is 10.1 Å². The maximum absolute atomic E-state index is 5.74. The lowest BCUT2D eigenvalue weighted by Crippen LogP contribution is -2.15. The number of rotatable bonds is 8.